The van der Waals surface area contributed by atoms with Crippen LogP contribution in [0.1, 0.15) is 28.9 Å². The van der Waals surface area contributed by atoms with Crippen LogP contribution >= 0.6 is 11.3 Å². The van der Waals surface area contributed by atoms with Crippen molar-refractivity contribution < 1.29 is 14.7 Å². The van der Waals surface area contributed by atoms with E-state index in [1.807, 2.05) is 30.3 Å². The predicted octanol–water partition coefficient (Wildman–Crippen LogP) is 2.88. The summed E-state index contributed by atoms with van der Waals surface area (Å²) in [7, 11) is 0. The molecule has 0 radical (unpaired) electrons. The monoisotopic (exact) mass is 289 g/mol. The van der Waals surface area contributed by atoms with E-state index in [1.54, 1.807) is 0 Å². The Bertz CT molecular complexity index is 631. The summed E-state index contributed by atoms with van der Waals surface area (Å²) in [5.41, 5.74) is 0. The highest BCUT2D eigenvalue weighted by atomic mass is 32.1. The molecule has 1 aromatic carbocycles. The zero-order valence-electron chi connectivity index (χ0n) is 10.8. The molecule has 1 aromatic heterocycles. The second-order valence-electron chi connectivity index (χ2n) is 5.17. The standard InChI is InChI=1S/C15H15NO3S/c17-14(16-11-6-5-10(7-11)15(18)19)13-8-9-3-1-2-4-12(9)20-13/h1-4,8,10-11H,5-7H2,(H,16,17)(H,18,19)/t10-,11+/m0/s1. The highest BCUT2D eigenvalue weighted by Gasteiger charge is 2.30. The lowest BCUT2D eigenvalue weighted by atomic mass is 10.1. The maximum absolute atomic E-state index is 12.2. The summed E-state index contributed by atoms with van der Waals surface area (Å²) in [6.45, 7) is 0. The third kappa shape index (κ3) is 2.54. The van der Waals surface area contributed by atoms with Crippen LogP contribution < -0.4 is 5.32 Å². The van der Waals surface area contributed by atoms with Gasteiger partial charge in [-0.1, -0.05) is 18.2 Å². The van der Waals surface area contributed by atoms with Crippen molar-refractivity contribution in [2.75, 3.05) is 0 Å². The van der Waals surface area contributed by atoms with Gasteiger partial charge in [0.05, 0.1) is 10.8 Å². The number of hydrogen-bond acceptors (Lipinski definition) is 3. The fraction of sp³-hybridized carbons (Fsp3) is 0.333. The van der Waals surface area contributed by atoms with Crippen LogP contribution in [-0.4, -0.2) is 23.0 Å². The van der Waals surface area contributed by atoms with Crippen molar-refractivity contribution >= 4 is 33.3 Å². The molecule has 104 valence electrons. The number of benzene rings is 1. The van der Waals surface area contributed by atoms with Crippen LogP contribution in [-0.2, 0) is 4.79 Å². The average Bonchev–Trinajstić information content (AvgIpc) is 3.04. The summed E-state index contributed by atoms with van der Waals surface area (Å²) >= 11 is 1.47. The van der Waals surface area contributed by atoms with Crippen LogP contribution in [0, 0.1) is 5.92 Å². The van der Waals surface area contributed by atoms with Crippen LogP contribution in [0.25, 0.3) is 10.1 Å². The quantitative estimate of drug-likeness (QED) is 0.913. The van der Waals surface area contributed by atoms with Gasteiger partial charge in [0.15, 0.2) is 0 Å². The number of hydrogen-bond donors (Lipinski definition) is 2. The number of nitrogens with one attached hydrogen (secondary N) is 1. The van der Waals surface area contributed by atoms with Crippen molar-refractivity contribution in [3.8, 4) is 0 Å². The summed E-state index contributed by atoms with van der Waals surface area (Å²) in [6.07, 6.45) is 1.92. The van der Waals surface area contributed by atoms with Crippen molar-refractivity contribution in [1.29, 1.82) is 0 Å². The van der Waals surface area contributed by atoms with Crippen LogP contribution in [0.4, 0.5) is 0 Å². The van der Waals surface area contributed by atoms with Crippen LogP contribution in [0.3, 0.4) is 0 Å². The van der Waals surface area contributed by atoms with E-state index in [9.17, 15) is 9.59 Å². The number of carbonyl (C=O) groups excluding carboxylic acids is 1. The van der Waals surface area contributed by atoms with E-state index < -0.39 is 5.97 Å². The average molecular weight is 289 g/mol. The van der Waals surface area contributed by atoms with E-state index >= 15 is 0 Å². The van der Waals surface area contributed by atoms with Gasteiger partial charge in [-0.25, -0.2) is 0 Å². The van der Waals surface area contributed by atoms with E-state index in [0.717, 1.165) is 16.5 Å². The molecular formula is C15H15NO3S. The van der Waals surface area contributed by atoms with Gasteiger partial charge in [-0.2, -0.15) is 0 Å². The van der Waals surface area contributed by atoms with Crippen molar-refractivity contribution in [2.24, 2.45) is 5.92 Å². The lowest BCUT2D eigenvalue weighted by molar-refractivity contribution is -0.141. The minimum Gasteiger partial charge on any atom is -0.481 e. The van der Waals surface area contributed by atoms with E-state index in [2.05, 4.69) is 5.32 Å². The highest BCUT2D eigenvalue weighted by Crippen LogP contribution is 2.28. The van der Waals surface area contributed by atoms with Crippen molar-refractivity contribution in [3.63, 3.8) is 0 Å². The summed E-state index contributed by atoms with van der Waals surface area (Å²) in [4.78, 5) is 23.8. The number of carboxylic acids is 1. The summed E-state index contributed by atoms with van der Waals surface area (Å²) in [5, 5.41) is 13.0. The summed E-state index contributed by atoms with van der Waals surface area (Å²) < 4.78 is 1.09. The van der Waals surface area contributed by atoms with Gasteiger partial charge in [0.25, 0.3) is 5.91 Å². The van der Waals surface area contributed by atoms with Crippen LogP contribution in [0.5, 0.6) is 0 Å². The number of fused-ring (bicyclic) bond motifs is 1. The third-order valence-corrected chi connectivity index (χ3v) is 4.88. The van der Waals surface area contributed by atoms with Gasteiger partial charge in [0.1, 0.15) is 0 Å². The Labute approximate surface area is 120 Å². The molecular weight excluding hydrogens is 274 g/mol. The van der Waals surface area contributed by atoms with Crippen LogP contribution in [0.15, 0.2) is 30.3 Å². The fourth-order valence-corrected chi connectivity index (χ4v) is 3.65. The molecule has 0 spiro atoms. The molecule has 0 saturated heterocycles. The van der Waals surface area contributed by atoms with Gasteiger partial charge in [-0.15, -0.1) is 11.3 Å². The first-order valence-corrected chi connectivity index (χ1v) is 7.47. The zero-order valence-corrected chi connectivity index (χ0v) is 11.7. The minimum atomic E-state index is -0.761. The smallest absolute Gasteiger partial charge is 0.306 e. The molecule has 4 nitrogen and oxygen atoms in total. The van der Waals surface area contributed by atoms with Gasteiger partial charge in [-0.3, -0.25) is 9.59 Å². The SMILES string of the molecule is O=C(N[C@@H]1CC[C@H](C(=O)O)C1)c1cc2ccccc2s1. The minimum absolute atomic E-state index is 0.0196. The lowest BCUT2D eigenvalue weighted by Crippen LogP contribution is -2.32. The second kappa shape index (κ2) is 5.25. The largest absolute Gasteiger partial charge is 0.481 e. The maximum atomic E-state index is 12.2. The molecule has 20 heavy (non-hydrogen) atoms. The fourth-order valence-electron chi connectivity index (χ4n) is 2.69. The predicted molar refractivity (Wildman–Crippen MR) is 78.1 cm³/mol. The molecule has 1 fully saturated rings. The Morgan fingerprint density at radius 3 is 2.75 bits per heavy atom. The molecule has 0 unspecified atom stereocenters. The first-order chi connectivity index (χ1) is 9.63. The maximum Gasteiger partial charge on any atom is 0.306 e. The third-order valence-electron chi connectivity index (χ3n) is 3.77. The molecule has 0 aliphatic heterocycles. The number of carbonyl (C=O) groups is 2. The van der Waals surface area contributed by atoms with E-state index in [1.165, 1.54) is 11.3 Å². The first kappa shape index (κ1) is 13.1. The van der Waals surface area contributed by atoms with Crippen molar-refractivity contribution in [1.82, 2.24) is 5.32 Å². The molecule has 5 heteroatoms. The molecule has 0 bridgehead atoms. The highest BCUT2D eigenvalue weighted by molar-refractivity contribution is 7.20. The van der Waals surface area contributed by atoms with Gasteiger partial charge in [0, 0.05) is 10.7 Å². The van der Waals surface area contributed by atoms with Gasteiger partial charge in [0.2, 0.25) is 0 Å². The molecule has 3 rings (SSSR count). The number of carboxylic acid groups (broad SMARTS) is 1. The van der Waals surface area contributed by atoms with E-state index in [4.69, 9.17) is 5.11 Å². The molecule has 1 heterocycles. The van der Waals surface area contributed by atoms with E-state index in [0.29, 0.717) is 17.7 Å². The molecule has 1 amide bonds. The topological polar surface area (TPSA) is 66.4 Å². The Morgan fingerprint density at radius 2 is 2.05 bits per heavy atom. The second-order valence-corrected chi connectivity index (χ2v) is 6.25. The Hall–Kier alpha value is -1.88. The number of rotatable bonds is 3. The number of thiophene rings is 1. The van der Waals surface area contributed by atoms with Crippen molar-refractivity contribution in [2.45, 2.75) is 25.3 Å². The molecule has 2 atom stereocenters. The Balaban J connectivity index is 1.69. The lowest BCUT2D eigenvalue weighted by Gasteiger charge is -2.11. The molecule has 1 aliphatic rings. The molecule has 2 aromatic rings. The Morgan fingerprint density at radius 1 is 1.25 bits per heavy atom. The first-order valence-electron chi connectivity index (χ1n) is 6.66. The normalized spacial score (nSPS) is 22.0. The Kier molecular flexibility index (Phi) is 3.44. The van der Waals surface area contributed by atoms with Crippen molar-refractivity contribution in [3.05, 3.63) is 35.2 Å². The molecule has 1 aliphatic carbocycles. The number of aliphatic carboxylic acids is 1. The van der Waals surface area contributed by atoms with Gasteiger partial charge < -0.3 is 10.4 Å². The molecule has 2 N–H and O–H groups in total. The molecule has 1 saturated carbocycles. The zero-order chi connectivity index (χ0) is 14.1. The van der Waals surface area contributed by atoms with E-state index in [-0.39, 0.29) is 17.9 Å². The summed E-state index contributed by atoms with van der Waals surface area (Å²) in [6, 6.07) is 9.75. The number of amides is 1. The van der Waals surface area contributed by atoms with Gasteiger partial charge >= 0.3 is 5.97 Å². The summed E-state index contributed by atoms with van der Waals surface area (Å²) in [5.74, 6) is -1.17. The van der Waals surface area contributed by atoms with Gasteiger partial charge in [-0.05, 0) is 36.8 Å². The van der Waals surface area contributed by atoms with Crippen LogP contribution in [0.2, 0.25) is 0 Å².